The number of aliphatic hydroxyl groups is 1. The van der Waals surface area contributed by atoms with Crippen molar-refractivity contribution in [3.8, 4) is 0 Å². The number of aliphatic hydroxyl groups excluding tert-OH is 1. The van der Waals surface area contributed by atoms with Crippen LogP contribution in [-0.4, -0.2) is 271 Å². The molecule has 27 nitrogen and oxygen atoms in total. The molecular formula is C71H127N13O14. The predicted molar refractivity (Wildman–Crippen MR) is 376 cm³/mol. The molecule has 2 fully saturated rings. The van der Waals surface area contributed by atoms with Gasteiger partial charge in [0.1, 0.15) is 48.3 Å². The van der Waals surface area contributed by atoms with E-state index in [9.17, 15) is 24.3 Å². The average Bonchev–Trinajstić information content (AvgIpc) is 0.803. The van der Waals surface area contributed by atoms with Crippen LogP contribution in [0.1, 0.15) is 181 Å². The van der Waals surface area contributed by atoms with Crippen LogP contribution >= 0.6 is 0 Å². The van der Waals surface area contributed by atoms with E-state index < -0.39 is 161 Å². The highest BCUT2D eigenvalue weighted by molar-refractivity contribution is 6.00. The number of unbranched alkanes of at least 4 members (excludes halogenated alkanes) is 2. The van der Waals surface area contributed by atoms with Gasteiger partial charge in [0.05, 0.1) is 31.5 Å². The van der Waals surface area contributed by atoms with Gasteiger partial charge in [0.2, 0.25) is 53.2 Å². The number of nitrogens with zero attached hydrogens (tertiary/aromatic N) is 11. The lowest BCUT2D eigenvalue weighted by Crippen LogP contribution is -2.64. The molecule has 3 N–H and O–H groups in total. The summed E-state index contributed by atoms with van der Waals surface area (Å²) in [4.78, 5) is 178. The van der Waals surface area contributed by atoms with Crippen LogP contribution < -0.4 is 10.6 Å². The number of amides is 9. The fourth-order valence-corrected chi connectivity index (χ4v) is 13.2. The lowest BCUT2D eigenvalue weighted by Gasteiger charge is -2.41. The van der Waals surface area contributed by atoms with Gasteiger partial charge in [-0.05, 0) is 120 Å². The first kappa shape index (κ1) is 87.8. The smallest absolute Gasteiger partial charge is 0.246 e. The number of rotatable bonds is 23. The highest BCUT2D eigenvalue weighted by Gasteiger charge is 2.47. The van der Waals surface area contributed by atoms with Gasteiger partial charge in [0, 0.05) is 105 Å². The summed E-state index contributed by atoms with van der Waals surface area (Å²) in [6.07, 6.45) is -0.0511. The molecule has 98 heavy (non-hydrogen) atoms. The Hall–Kier alpha value is -6.28. The maximum absolute atomic E-state index is 15.4. The first-order valence-corrected chi connectivity index (χ1v) is 35.8. The lowest BCUT2D eigenvalue weighted by atomic mass is 9.85. The number of azide groups is 1. The van der Waals surface area contributed by atoms with Gasteiger partial charge < -0.3 is 59.5 Å². The van der Waals surface area contributed by atoms with Crippen molar-refractivity contribution in [2.45, 2.75) is 248 Å². The maximum atomic E-state index is 15.4. The van der Waals surface area contributed by atoms with Gasteiger partial charge in [-0.3, -0.25) is 57.6 Å². The van der Waals surface area contributed by atoms with Crippen molar-refractivity contribution < 1.29 is 67.3 Å². The molecular weight excluding hydrogens is 1260 g/mol. The van der Waals surface area contributed by atoms with E-state index in [0.29, 0.717) is 38.9 Å². The van der Waals surface area contributed by atoms with Crippen LogP contribution in [0.15, 0.2) is 5.11 Å². The molecule has 2 rings (SSSR count). The summed E-state index contributed by atoms with van der Waals surface area (Å²) < 4.78 is 11.9. The number of nitrogens with one attached hydrogen (secondary N) is 2. The molecule has 2 saturated heterocycles. The first-order chi connectivity index (χ1) is 45.7. The Bertz CT molecular complexity index is 2680. The summed E-state index contributed by atoms with van der Waals surface area (Å²) in [7, 11) is 10.0. The normalized spacial score (nSPS) is 27.1. The van der Waals surface area contributed by atoms with E-state index in [1.807, 2.05) is 41.5 Å². The number of hydrogen-bond acceptors (Lipinski definition) is 16. The fraction of sp³-hybridized carbons (Fsp3) is 0.845. The summed E-state index contributed by atoms with van der Waals surface area (Å²) in [6.45, 7) is 32.0. The third-order valence-corrected chi connectivity index (χ3v) is 19.7. The second kappa shape index (κ2) is 42.1. The summed E-state index contributed by atoms with van der Waals surface area (Å²) in [6, 6.07) is -11.5. The summed E-state index contributed by atoms with van der Waals surface area (Å²) in [5.74, 6) is -11.2. The minimum absolute atomic E-state index is 0.0221. The van der Waals surface area contributed by atoms with Crippen molar-refractivity contribution in [2.24, 2.45) is 52.5 Å². The molecule has 0 unspecified atom stereocenters. The number of ketones is 2. The molecule has 560 valence electrons. The van der Waals surface area contributed by atoms with Crippen molar-refractivity contribution >= 4 is 64.7 Å². The predicted octanol–water partition coefficient (Wildman–Crippen LogP) is 5.82. The largest absolute Gasteiger partial charge is 0.390 e. The Morgan fingerprint density at radius 3 is 1.58 bits per heavy atom. The standard InChI is InChI=1S/C71H127N13O14/c1-24-53-68(93)77(17)50(15)66(91)82(22)60(51(16)98-34-28-27-31-84-32-35-97-36-33-84)58(86)41-52(45(8)9)67(92)78(18)54(37-42(2)3)57(85)40-48(13)63(88)74-49(14)65(90)79(19)55(38-43(4)5)69(94)80(20)56(39-44(6)7)70(95)81(21)59(46(10)11)71(96)83(23)61(64(89)75-53)62(87)47(12)29-25-26-30-73-76-72/h42-56,59-62,87H,24-41H2,1-23H3,(H,74,88)(H,75,89)/t47-,48-,49-,50-,51-,52+,53+,54+,55+,56+,59+,60+,61+,62-/m1/s1. The monoisotopic (exact) mass is 1390 g/mol. The minimum atomic E-state index is -1.68. The first-order valence-electron chi connectivity index (χ1n) is 35.8. The second-order valence-electron chi connectivity index (χ2n) is 29.8. The van der Waals surface area contributed by atoms with Gasteiger partial charge in [-0.1, -0.05) is 102 Å². The highest BCUT2D eigenvalue weighted by atomic mass is 16.5. The number of carbonyl (C=O) groups excluding carboxylic acids is 11. The summed E-state index contributed by atoms with van der Waals surface area (Å²) in [5, 5.41) is 21.5. The molecule has 0 saturated carbocycles. The van der Waals surface area contributed by atoms with Crippen molar-refractivity contribution in [1.29, 1.82) is 0 Å². The zero-order valence-corrected chi connectivity index (χ0v) is 63.9. The number of morpholine rings is 1. The van der Waals surface area contributed by atoms with Crippen molar-refractivity contribution in [3.05, 3.63) is 10.4 Å². The van der Waals surface area contributed by atoms with Gasteiger partial charge in [0.15, 0.2) is 11.6 Å². The fourth-order valence-electron chi connectivity index (χ4n) is 13.2. The van der Waals surface area contributed by atoms with E-state index in [4.69, 9.17) is 15.0 Å². The van der Waals surface area contributed by atoms with Crippen LogP contribution in [0.4, 0.5) is 0 Å². The molecule has 14 atom stereocenters. The third kappa shape index (κ3) is 25.4. The molecule has 0 aromatic heterocycles. The molecule has 0 radical (unpaired) electrons. The van der Waals surface area contributed by atoms with Crippen LogP contribution in [-0.2, 0) is 62.2 Å². The zero-order valence-electron chi connectivity index (χ0n) is 63.9. The molecule has 2 aliphatic rings. The quantitative estimate of drug-likeness (QED) is 0.0469. The minimum Gasteiger partial charge on any atom is -0.390 e. The van der Waals surface area contributed by atoms with E-state index in [0.717, 1.165) is 35.9 Å². The van der Waals surface area contributed by atoms with Crippen molar-refractivity contribution in [3.63, 3.8) is 0 Å². The lowest BCUT2D eigenvalue weighted by molar-refractivity contribution is -0.157. The molecule has 2 aliphatic heterocycles. The number of carbonyl (C=O) groups is 11. The van der Waals surface area contributed by atoms with E-state index in [-0.39, 0.29) is 69.4 Å². The van der Waals surface area contributed by atoms with Gasteiger partial charge >= 0.3 is 0 Å². The van der Waals surface area contributed by atoms with Crippen LogP contribution in [0.2, 0.25) is 0 Å². The van der Waals surface area contributed by atoms with Crippen LogP contribution in [0.5, 0.6) is 0 Å². The van der Waals surface area contributed by atoms with Crippen LogP contribution in [0.25, 0.3) is 10.4 Å². The number of Topliss-reactive ketones (excluding diaryl/α,β-unsaturated/α-hetero) is 2. The molecule has 27 heteroatoms. The molecule has 9 amide bonds. The van der Waals surface area contributed by atoms with Gasteiger partial charge in [-0.25, -0.2) is 0 Å². The highest BCUT2D eigenvalue weighted by Crippen LogP contribution is 2.29. The molecule has 0 bridgehead atoms. The topological polar surface area (TPSA) is 325 Å². The van der Waals surface area contributed by atoms with Crippen molar-refractivity contribution in [2.75, 3.05) is 95.3 Å². The average molecular weight is 1390 g/mol. The van der Waals surface area contributed by atoms with Gasteiger partial charge in [-0.2, -0.15) is 0 Å². The Morgan fingerprint density at radius 2 is 1.06 bits per heavy atom. The Labute approximate surface area is 585 Å². The van der Waals surface area contributed by atoms with E-state index in [1.54, 1.807) is 55.4 Å². The molecule has 0 spiro atoms. The Balaban J connectivity index is 3.02. The second-order valence-corrected chi connectivity index (χ2v) is 29.8. The van der Waals surface area contributed by atoms with Crippen LogP contribution in [0, 0.1) is 47.3 Å². The van der Waals surface area contributed by atoms with E-state index in [1.165, 1.54) is 87.7 Å². The third-order valence-electron chi connectivity index (χ3n) is 19.7. The van der Waals surface area contributed by atoms with Gasteiger partial charge in [0.25, 0.3) is 0 Å². The number of ether oxygens (including phenoxy) is 2. The number of hydrogen-bond donors (Lipinski definition) is 3. The summed E-state index contributed by atoms with van der Waals surface area (Å²) >= 11 is 0. The number of likely N-dealkylation sites (N-methyl/N-ethyl adjacent to an activating group) is 7. The maximum Gasteiger partial charge on any atom is 0.246 e. The molecule has 2 heterocycles. The van der Waals surface area contributed by atoms with E-state index in [2.05, 4.69) is 25.6 Å². The van der Waals surface area contributed by atoms with E-state index >= 15 is 33.6 Å². The molecule has 0 aromatic carbocycles. The zero-order chi connectivity index (χ0) is 74.9. The SMILES string of the molecule is CC[C@@H]1NC(=O)[C@H]([C@H](O)[C@H](C)CCCCN=[N+]=[N-])N(C)C(=O)[C@H](C(C)C)N(C)C(=O)[C@H](CC(C)C)N(C)C(=O)[C@H](CC(C)C)N(C)C(=O)[C@@H](C)NC(=O)[C@H](C)CC(=O)[C@H](CC(C)C)N(C)C(=O)[C@H](C(C)C)CC(=O)[C@H]([C@@H](C)OCCCCN2CCOCC2)N(C)C(=O)[C@@H](C)N(C)C1=O. The van der Waals surface area contributed by atoms with Gasteiger partial charge in [-0.15, -0.1) is 0 Å². The summed E-state index contributed by atoms with van der Waals surface area (Å²) in [5.41, 5.74) is 8.90. The Morgan fingerprint density at radius 1 is 0.551 bits per heavy atom. The van der Waals surface area contributed by atoms with Crippen molar-refractivity contribution in [1.82, 2.24) is 49.8 Å². The van der Waals surface area contributed by atoms with Crippen LogP contribution in [0.3, 0.4) is 0 Å². The molecule has 0 aromatic rings. The Kier molecular flexibility index (Phi) is 37.7. The molecule has 0 aliphatic carbocycles.